The Morgan fingerprint density at radius 1 is 1.16 bits per heavy atom. The lowest BCUT2D eigenvalue weighted by molar-refractivity contribution is 0.340. The van der Waals surface area contributed by atoms with Crippen molar-refractivity contribution in [2.45, 2.75) is 13.5 Å². The second kappa shape index (κ2) is 6.64. The van der Waals surface area contributed by atoms with Gasteiger partial charge in [0, 0.05) is 12.7 Å². The van der Waals surface area contributed by atoms with Crippen LogP contribution < -0.4 is 14.8 Å². The number of nitrogens with one attached hydrogen (secondary N) is 1. The van der Waals surface area contributed by atoms with E-state index in [1.54, 1.807) is 13.3 Å². The zero-order chi connectivity index (χ0) is 13.5. The van der Waals surface area contributed by atoms with Gasteiger partial charge in [-0.15, -0.1) is 0 Å². The van der Waals surface area contributed by atoms with Crippen LogP contribution in [0, 0.1) is 0 Å². The zero-order valence-corrected chi connectivity index (χ0v) is 11.2. The molecule has 19 heavy (non-hydrogen) atoms. The summed E-state index contributed by atoms with van der Waals surface area (Å²) in [6.07, 6.45) is 1.75. The van der Waals surface area contributed by atoms with E-state index in [2.05, 4.69) is 10.3 Å². The van der Waals surface area contributed by atoms with Gasteiger partial charge in [-0.05, 0) is 36.8 Å². The molecule has 0 bridgehead atoms. The minimum Gasteiger partial charge on any atom is -0.497 e. The summed E-state index contributed by atoms with van der Waals surface area (Å²) in [6.45, 7) is 3.28. The van der Waals surface area contributed by atoms with Crippen LogP contribution in [0.2, 0.25) is 0 Å². The number of hydrogen-bond acceptors (Lipinski definition) is 4. The van der Waals surface area contributed by atoms with Crippen molar-refractivity contribution >= 4 is 5.82 Å². The molecule has 0 aliphatic carbocycles. The molecule has 0 saturated heterocycles. The van der Waals surface area contributed by atoms with Gasteiger partial charge in [0.2, 0.25) is 0 Å². The minimum atomic E-state index is 0.628. The van der Waals surface area contributed by atoms with Gasteiger partial charge in [0.1, 0.15) is 5.75 Å². The summed E-state index contributed by atoms with van der Waals surface area (Å²) in [5.41, 5.74) is 1.16. The number of ether oxygens (including phenoxy) is 2. The molecule has 1 aromatic heterocycles. The van der Waals surface area contributed by atoms with E-state index >= 15 is 0 Å². The lowest BCUT2D eigenvalue weighted by Gasteiger charge is -2.11. The van der Waals surface area contributed by atoms with Gasteiger partial charge in [-0.2, -0.15) is 0 Å². The molecule has 1 N–H and O–H groups in total. The number of nitrogens with zero attached hydrogens (tertiary/aromatic N) is 1. The molecular formula is C15H18N2O2. The number of benzene rings is 1. The van der Waals surface area contributed by atoms with Crippen LogP contribution >= 0.6 is 0 Å². The summed E-state index contributed by atoms with van der Waals surface area (Å²) in [7, 11) is 1.66. The molecule has 0 unspecified atom stereocenters. The lowest BCUT2D eigenvalue weighted by Crippen LogP contribution is -2.04. The molecule has 1 heterocycles. The van der Waals surface area contributed by atoms with Crippen molar-refractivity contribution in [1.82, 2.24) is 4.98 Å². The highest BCUT2D eigenvalue weighted by atomic mass is 16.5. The molecule has 0 spiro atoms. The van der Waals surface area contributed by atoms with Crippen LogP contribution in [0.25, 0.3) is 0 Å². The highest BCUT2D eigenvalue weighted by molar-refractivity contribution is 5.49. The van der Waals surface area contributed by atoms with Gasteiger partial charge in [-0.25, -0.2) is 4.98 Å². The second-order valence-electron chi connectivity index (χ2n) is 3.98. The first-order valence-corrected chi connectivity index (χ1v) is 6.28. The number of rotatable bonds is 6. The van der Waals surface area contributed by atoms with Gasteiger partial charge in [0.25, 0.3) is 0 Å². The maximum Gasteiger partial charge on any atom is 0.169 e. The molecule has 0 saturated carbocycles. The highest BCUT2D eigenvalue weighted by Gasteiger charge is 2.03. The van der Waals surface area contributed by atoms with Crippen molar-refractivity contribution < 1.29 is 9.47 Å². The molecule has 0 atom stereocenters. The van der Waals surface area contributed by atoms with Crippen molar-refractivity contribution in [3.63, 3.8) is 0 Å². The predicted octanol–water partition coefficient (Wildman–Crippen LogP) is 3.10. The highest BCUT2D eigenvalue weighted by Crippen LogP contribution is 2.21. The zero-order valence-electron chi connectivity index (χ0n) is 11.2. The topological polar surface area (TPSA) is 43.4 Å². The van der Waals surface area contributed by atoms with Crippen LogP contribution in [0.15, 0.2) is 42.6 Å². The summed E-state index contributed by atoms with van der Waals surface area (Å²) in [6, 6.07) is 11.7. The normalized spacial score (nSPS) is 10.0. The summed E-state index contributed by atoms with van der Waals surface area (Å²) >= 11 is 0. The molecule has 0 aliphatic heterocycles. The number of aromatic nitrogens is 1. The molecule has 0 radical (unpaired) electrons. The molecule has 4 heteroatoms. The summed E-state index contributed by atoms with van der Waals surface area (Å²) in [5.74, 6) is 2.40. The Balaban J connectivity index is 2.01. The van der Waals surface area contributed by atoms with E-state index in [4.69, 9.17) is 9.47 Å². The molecular weight excluding hydrogens is 240 g/mol. The Hall–Kier alpha value is -2.23. The third-order valence-electron chi connectivity index (χ3n) is 2.69. The van der Waals surface area contributed by atoms with Crippen LogP contribution in [0.5, 0.6) is 11.5 Å². The van der Waals surface area contributed by atoms with Crippen LogP contribution in [-0.2, 0) is 6.54 Å². The fraction of sp³-hybridized carbons (Fsp3) is 0.267. The Labute approximate surface area is 113 Å². The Bertz CT molecular complexity index is 512. The molecule has 4 nitrogen and oxygen atoms in total. The molecule has 100 valence electrons. The number of pyridine rings is 1. The van der Waals surface area contributed by atoms with Gasteiger partial charge in [-0.3, -0.25) is 0 Å². The van der Waals surface area contributed by atoms with Gasteiger partial charge in [-0.1, -0.05) is 12.1 Å². The van der Waals surface area contributed by atoms with Crippen molar-refractivity contribution in [2.75, 3.05) is 19.0 Å². The third kappa shape index (κ3) is 3.61. The first-order chi connectivity index (χ1) is 9.33. The van der Waals surface area contributed by atoms with E-state index in [-0.39, 0.29) is 0 Å². The molecule has 1 aromatic carbocycles. The van der Waals surface area contributed by atoms with Crippen LogP contribution in [0.1, 0.15) is 12.5 Å². The van der Waals surface area contributed by atoms with E-state index in [0.717, 1.165) is 22.9 Å². The number of methoxy groups -OCH3 is 1. The van der Waals surface area contributed by atoms with E-state index in [9.17, 15) is 0 Å². The Morgan fingerprint density at radius 2 is 1.95 bits per heavy atom. The summed E-state index contributed by atoms with van der Waals surface area (Å²) in [4.78, 5) is 4.29. The molecule has 2 rings (SSSR count). The number of hydrogen-bond donors (Lipinski definition) is 1. The van der Waals surface area contributed by atoms with E-state index in [1.807, 2.05) is 43.3 Å². The van der Waals surface area contributed by atoms with Crippen LogP contribution in [-0.4, -0.2) is 18.7 Å². The van der Waals surface area contributed by atoms with Crippen LogP contribution in [0.4, 0.5) is 5.82 Å². The largest absolute Gasteiger partial charge is 0.497 e. The van der Waals surface area contributed by atoms with Crippen molar-refractivity contribution in [2.24, 2.45) is 0 Å². The van der Waals surface area contributed by atoms with E-state index in [1.165, 1.54) is 0 Å². The van der Waals surface area contributed by atoms with Gasteiger partial charge in [0.15, 0.2) is 11.6 Å². The first kappa shape index (κ1) is 13.2. The van der Waals surface area contributed by atoms with Gasteiger partial charge < -0.3 is 14.8 Å². The fourth-order valence-corrected chi connectivity index (χ4v) is 1.72. The van der Waals surface area contributed by atoms with Gasteiger partial charge in [0.05, 0.1) is 13.7 Å². The van der Waals surface area contributed by atoms with Crippen LogP contribution in [0.3, 0.4) is 0 Å². The standard InChI is InChI=1S/C15H18N2O2/c1-3-19-14-5-4-10-16-15(14)17-11-12-6-8-13(18-2)9-7-12/h4-10H,3,11H2,1-2H3,(H,16,17). The Kier molecular flexibility index (Phi) is 4.61. The first-order valence-electron chi connectivity index (χ1n) is 6.28. The fourth-order valence-electron chi connectivity index (χ4n) is 1.72. The van der Waals surface area contributed by atoms with Crippen molar-refractivity contribution in [3.05, 3.63) is 48.2 Å². The maximum absolute atomic E-state index is 5.52. The lowest BCUT2D eigenvalue weighted by atomic mass is 10.2. The van der Waals surface area contributed by atoms with Crippen molar-refractivity contribution in [1.29, 1.82) is 0 Å². The van der Waals surface area contributed by atoms with E-state index < -0.39 is 0 Å². The maximum atomic E-state index is 5.52. The molecule has 2 aromatic rings. The average molecular weight is 258 g/mol. The molecule has 0 amide bonds. The minimum absolute atomic E-state index is 0.628. The third-order valence-corrected chi connectivity index (χ3v) is 2.69. The Morgan fingerprint density at radius 3 is 2.63 bits per heavy atom. The number of anilines is 1. The summed E-state index contributed by atoms with van der Waals surface area (Å²) in [5, 5.41) is 3.27. The second-order valence-corrected chi connectivity index (χ2v) is 3.98. The average Bonchev–Trinajstić information content (AvgIpc) is 2.47. The summed E-state index contributed by atoms with van der Waals surface area (Å²) < 4.78 is 10.6. The molecule has 0 aliphatic rings. The van der Waals surface area contributed by atoms with E-state index in [0.29, 0.717) is 13.2 Å². The predicted molar refractivity (Wildman–Crippen MR) is 75.7 cm³/mol. The monoisotopic (exact) mass is 258 g/mol. The van der Waals surface area contributed by atoms with Gasteiger partial charge >= 0.3 is 0 Å². The van der Waals surface area contributed by atoms with Crippen molar-refractivity contribution in [3.8, 4) is 11.5 Å². The quantitative estimate of drug-likeness (QED) is 0.864. The molecule has 0 fully saturated rings. The SMILES string of the molecule is CCOc1cccnc1NCc1ccc(OC)cc1. The smallest absolute Gasteiger partial charge is 0.169 e.